The third kappa shape index (κ3) is 3.50. The van der Waals surface area contributed by atoms with Crippen molar-refractivity contribution < 1.29 is 9.53 Å². The highest BCUT2D eigenvalue weighted by Gasteiger charge is 2.38. The lowest BCUT2D eigenvalue weighted by Crippen LogP contribution is -2.59. The number of hydrogen-bond donors (Lipinski definition) is 2. The Morgan fingerprint density at radius 1 is 1.29 bits per heavy atom. The van der Waals surface area contributed by atoms with E-state index in [9.17, 15) is 4.79 Å². The Morgan fingerprint density at radius 3 is 2.07 bits per heavy atom. The van der Waals surface area contributed by atoms with Crippen LogP contribution in [0.1, 0.15) is 40.5 Å². The Balaban J connectivity index is 2.66. The van der Waals surface area contributed by atoms with Crippen molar-refractivity contribution in [3.05, 3.63) is 0 Å². The summed E-state index contributed by atoms with van der Waals surface area (Å²) in [6.45, 7) is 8.47. The second kappa shape index (κ2) is 3.74. The number of ether oxygens (including phenoxy) is 1. The third-order valence-electron chi connectivity index (χ3n) is 2.42. The Bertz CT molecular complexity index is 222. The first-order valence-corrected chi connectivity index (χ1v) is 5.34. The summed E-state index contributed by atoms with van der Waals surface area (Å²) in [6.07, 6.45) is 1.65. The van der Waals surface area contributed by atoms with E-state index in [1.54, 1.807) is 0 Å². The molecule has 1 fully saturated rings. The van der Waals surface area contributed by atoms with Crippen molar-refractivity contribution in [1.82, 2.24) is 5.32 Å². The van der Waals surface area contributed by atoms with Crippen molar-refractivity contribution in [2.75, 3.05) is 0 Å². The molecule has 0 aromatic rings. The number of carbonyl (C=O) groups excluding carboxylic acids is 1. The summed E-state index contributed by atoms with van der Waals surface area (Å²) in [6, 6.07) is 0. The molecule has 3 nitrogen and oxygen atoms in total. The van der Waals surface area contributed by atoms with Gasteiger partial charge in [0.25, 0.3) is 0 Å². The number of hydrogen-bond acceptors (Lipinski definition) is 3. The van der Waals surface area contributed by atoms with Gasteiger partial charge in [0.1, 0.15) is 6.10 Å². The zero-order valence-electron chi connectivity index (χ0n) is 9.26. The molecule has 1 aliphatic rings. The van der Waals surface area contributed by atoms with E-state index in [0.717, 1.165) is 12.8 Å². The molecule has 0 atom stereocenters. The summed E-state index contributed by atoms with van der Waals surface area (Å²) >= 11 is 3.64. The molecule has 0 unspecified atom stereocenters. The molecule has 82 valence electrons. The fraction of sp³-hybridized carbons (Fsp3) is 0.900. The monoisotopic (exact) mass is 217 g/mol. The van der Waals surface area contributed by atoms with E-state index in [4.69, 9.17) is 4.74 Å². The fourth-order valence-electron chi connectivity index (χ4n) is 2.45. The standard InChI is InChI=1S/C10H19NO2S/c1-9(2)5-7(13-8(12)14)6-10(3,4)11-9/h7,11H,5-6H2,1-4H3,(H,12,14). The lowest BCUT2D eigenvalue weighted by Gasteiger charge is -2.45. The summed E-state index contributed by atoms with van der Waals surface area (Å²) in [5.41, 5.74) is 0.0191. The average Bonchev–Trinajstić information content (AvgIpc) is 1.74. The van der Waals surface area contributed by atoms with E-state index in [1.807, 2.05) is 0 Å². The maximum Gasteiger partial charge on any atom is 0.364 e. The van der Waals surface area contributed by atoms with Gasteiger partial charge < -0.3 is 10.1 Å². The molecule has 1 saturated heterocycles. The van der Waals surface area contributed by atoms with Gasteiger partial charge in [-0.1, -0.05) is 12.6 Å². The molecular formula is C10H19NO2S. The van der Waals surface area contributed by atoms with Crippen LogP contribution < -0.4 is 5.32 Å². The van der Waals surface area contributed by atoms with Crippen LogP contribution in [0.2, 0.25) is 0 Å². The Morgan fingerprint density at radius 2 is 1.71 bits per heavy atom. The first-order chi connectivity index (χ1) is 6.20. The predicted octanol–water partition coefficient (Wildman–Crippen LogP) is 2.36. The van der Waals surface area contributed by atoms with E-state index in [2.05, 4.69) is 45.6 Å². The van der Waals surface area contributed by atoms with Crippen LogP contribution in [-0.2, 0) is 4.74 Å². The first-order valence-electron chi connectivity index (χ1n) is 4.89. The molecule has 0 spiro atoms. The molecule has 0 aromatic carbocycles. The van der Waals surface area contributed by atoms with Crippen molar-refractivity contribution in [3.8, 4) is 0 Å². The molecule has 0 bridgehead atoms. The molecule has 0 saturated carbocycles. The molecule has 1 aliphatic heterocycles. The highest BCUT2D eigenvalue weighted by atomic mass is 32.1. The highest BCUT2D eigenvalue weighted by molar-refractivity contribution is 7.96. The van der Waals surface area contributed by atoms with Crippen LogP contribution in [0.15, 0.2) is 0 Å². The summed E-state index contributed by atoms with van der Waals surface area (Å²) < 4.78 is 5.15. The molecule has 0 aliphatic carbocycles. The normalized spacial score (nSPS) is 25.8. The number of thiol groups is 1. The molecule has 1 rings (SSSR count). The van der Waals surface area contributed by atoms with E-state index in [0.29, 0.717) is 0 Å². The minimum atomic E-state index is -0.483. The zero-order chi connectivity index (χ0) is 11.0. The number of piperidine rings is 1. The zero-order valence-corrected chi connectivity index (χ0v) is 10.1. The summed E-state index contributed by atoms with van der Waals surface area (Å²) in [7, 11) is 0. The molecule has 4 heteroatoms. The van der Waals surface area contributed by atoms with Gasteiger partial charge in [0, 0.05) is 23.9 Å². The van der Waals surface area contributed by atoms with Crippen LogP contribution in [0.3, 0.4) is 0 Å². The average molecular weight is 217 g/mol. The van der Waals surface area contributed by atoms with Crippen LogP contribution in [-0.4, -0.2) is 22.5 Å². The minimum absolute atomic E-state index is 0.00957. The molecule has 0 aromatic heterocycles. The number of rotatable bonds is 1. The Hall–Kier alpha value is -0.220. The van der Waals surface area contributed by atoms with Gasteiger partial charge in [-0.15, -0.1) is 0 Å². The van der Waals surface area contributed by atoms with E-state index >= 15 is 0 Å². The third-order valence-corrected chi connectivity index (χ3v) is 2.53. The highest BCUT2D eigenvalue weighted by Crippen LogP contribution is 2.30. The molecule has 1 heterocycles. The van der Waals surface area contributed by atoms with Crippen molar-refractivity contribution in [1.29, 1.82) is 0 Å². The maximum absolute atomic E-state index is 10.8. The second-order valence-corrected chi connectivity index (χ2v) is 5.67. The van der Waals surface area contributed by atoms with Crippen molar-refractivity contribution in [2.45, 2.75) is 57.7 Å². The van der Waals surface area contributed by atoms with Gasteiger partial charge in [-0.05, 0) is 27.7 Å². The molecule has 0 amide bonds. The van der Waals surface area contributed by atoms with Gasteiger partial charge in [-0.2, -0.15) is 0 Å². The van der Waals surface area contributed by atoms with Gasteiger partial charge in [-0.3, -0.25) is 0 Å². The largest absolute Gasteiger partial charge is 0.454 e. The van der Waals surface area contributed by atoms with Gasteiger partial charge in [0.2, 0.25) is 0 Å². The number of carbonyl (C=O) groups is 1. The fourth-order valence-corrected chi connectivity index (χ4v) is 2.60. The summed E-state index contributed by atoms with van der Waals surface area (Å²) in [4.78, 5) is 10.8. The molecule has 1 N–H and O–H groups in total. The maximum atomic E-state index is 10.8. The lowest BCUT2D eigenvalue weighted by atomic mass is 9.81. The van der Waals surface area contributed by atoms with Crippen LogP contribution in [0.4, 0.5) is 4.79 Å². The van der Waals surface area contributed by atoms with Gasteiger partial charge in [0.15, 0.2) is 0 Å². The summed E-state index contributed by atoms with van der Waals surface area (Å²) in [5, 5.41) is 3.04. The van der Waals surface area contributed by atoms with Crippen molar-refractivity contribution >= 4 is 17.9 Å². The second-order valence-electron chi connectivity index (χ2n) is 5.31. The molecule has 14 heavy (non-hydrogen) atoms. The van der Waals surface area contributed by atoms with Gasteiger partial charge in [-0.25, -0.2) is 4.79 Å². The molecular weight excluding hydrogens is 198 g/mol. The quantitative estimate of drug-likeness (QED) is 0.523. The van der Waals surface area contributed by atoms with Crippen molar-refractivity contribution in [3.63, 3.8) is 0 Å². The predicted molar refractivity (Wildman–Crippen MR) is 59.8 cm³/mol. The summed E-state index contributed by atoms with van der Waals surface area (Å²) in [5.74, 6) is 0. The molecule has 0 radical (unpaired) electrons. The Labute approximate surface area is 91.0 Å². The van der Waals surface area contributed by atoms with Crippen LogP contribution in [0, 0.1) is 0 Å². The van der Waals surface area contributed by atoms with Crippen molar-refractivity contribution in [2.24, 2.45) is 0 Å². The van der Waals surface area contributed by atoms with Crippen LogP contribution in [0.25, 0.3) is 0 Å². The first kappa shape index (κ1) is 11.9. The Kier molecular flexibility index (Phi) is 3.17. The van der Waals surface area contributed by atoms with Gasteiger partial charge in [0.05, 0.1) is 0 Å². The van der Waals surface area contributed by atoms with E-state index < -0.39 is 5.30 Å². The van der Waals surface area contributed by atoms with Crippen LogP contribution in [0.5, 0.6) is 0 Å². The smallest absolute Gasteiger partial charge is 0.364 e. The van der Waals surface area contributed by atoms with Gasteiger partial charge >= 0.3 is 5.30 Å². The number of nitrogens with one attached hydrogen (secondary N) is 1. The minimum Gasteiger partial charge on any atom is -0.454 e. The van der Waals surface area contributed by atoms with E-state index in [-0.39, 0.29) is 17.2 Å². The van der Waals surface area contributed by atoms with E-state index in [1.165, 1.54) is 0 Å². The topological polar surface area (TPSA) is 38.3 Å². The van der Waals surface area contributed by atoms with Crippen LogP contribution >= 0.6 is 12.6 Å². The lowest BCUT2D eigenvalue weighted by molar-refractivity contribution is 0.0314. The SMILES string of the molecule is CC1(C)CC(OC(=O)S)CC(C)(C)N1.